The fourth-order valence-corrected chi connectivity index (χ4v) is 3.59. The Morgan fingerprint density at radius 2 is 1.94 bits per heavy atom. The van der Waals surface area contributed by atoms with Crippen LogP contribution in [0.5, 0.6) is 0 Å². The van der Waals surface area contributed by atoms with Crippen LogP contribution in [0.3, 0.4) is 0 Å². The number of anilines is 1. The van der Waals surface area contributed by atoms with E-state index in [1.54, 1.807) is 19.9 Å². The van der Waals surface area contributed by atoms with Crippen molar-refractivity contribution in [3.63, 3.8) is 0 Å². The van der Waals surface area contributed by atoms with Crippen LogP contribution in [0.4, 0.5) is 10.1 Å². The number of amides is 1. The molecule has 0 aliphatic carbocycles. The van der Waals surface area contributed by atoms with Gasteiger partial charge in [0.2, 0.25) is 5.91 Å². The summed E-state index contributed by atoms with van der Waals surface area (Å²) in [6, 6.07) is 4.18. The lowest BCUT2D eigenvalue weighted by molar-refractivity contribution is -0.111. The Morgan fingerprint density at radius 1 is 1.19 bits per heavy atom. The molecule has 0 fully saturated rings. The number of aromatic nitrogens is 5. The van der Waals surface area contributed by atoms with E-state index < -0.39 is 17.7 Å². The maximum absolute atomic E-state index is 14.3. The highest BCUT2D eigenvalue weighted by molar-refractivity contribution is 6.04. The maximum Gasteiger partial charge on any atom is 0.340 e. The molecule has 0 unspecified atom stereocenters. The van der Waals surface area contributed by atoms with E-state index in [2.05, 4.69) is 20.8 Å². The van der Waals surface area contributed by atoms with Gasteiger partial charge in [0, 0.05) is 29.6 Å². The first kappa shape index (κ1) is 22.9. The van der Waals surface area contributed by atoms with Gasteiger partial charge in [-0.2, -0.15) is 4.68 Å². The Hall–Kier alpha value is -3.82. The molecule has 0 radical (unpaired) electrons. The molecule has 1 aromatic carbocycles. The highest BCUT2D eigenvalue weighted by Crippen LogP contribution is 2.25. The van der Waals surface area contributed by atoms with Crippen LogP contribution in [0, 0.1) is 26.6 Å². The molecule has 3 rings (SSSR count). The molecule has 2 heterocycles. The van der Waals surface area contributed by atoms with Crippen molar-refractivity contribution in [2.75, 3.05) is 11.9 Å². The van der Waals surface area contributed by atoms with E-state index in [1.165, 1.54) is 29.0 Å². The van der Waals surface area contributed by atoms with Crippen LogP contribution in [0.25, 0.3) is 11.8 Å². The van der Waals surface area contributed by atoms with Crippen LogP contribution in [0.15, 0.2) is 24.3 Å². The van der Waals surface area contributed by atoms with E-state index in [9.17, 15) is 14.0 Å². The molecule has 0 bridgehead atoms. The molecule has 0 spiro atoms. The zero-order valence-electron chi connectivity index (χ0n) is 18.6. The average molecular weight is 440 g/mol. The lowest BCUT2D eigenvalue weighted by atomic mass is 10.1. The molecule has 32 heavy (non-hydrogen) atoms. The lowest BCUT2D eigenvalue weighted by Crippen LogP contribution is -2.11. The fourth-order valence-electron chi connectivity index (χ4n) is 3.59. The molecule has 2 aromatic heterocycles. The van der Waals surface area contributed by atoms with Gasteiger partial charge < -0.3 is 14.6 Å². The summed E-state index contributed by atoms with van der Waals surface area (Å²) < 4.78 is 22.9. The summed E-state index contributed by atoms with van der Waals surface area (Å²) in [5.41, 5.74) is 3.09. The first-order valence-corrected chi connectivity index (χ1v) is 10.2. The molecule has 9 nitrogen and oxygen atoms in total. The molecule has 0 aliphatic rings. The number of nitrogens with zero attached hydrogens (tertiary/aromatic N) is 5. The second-order valence-electron chi connectivity index (χ2n) is 7.05. The van der Waals surface area contributed by atoms with Gasteiger partial charge in [0.25, 0.3) is 0 Å². The van der Waals surface area contributed by atoms with Crippen LogP contribution in [-0.4, -0.2) is 43.3 Å². The molecular formula is C22H25FN6O3. The number of rotatable bonds is 7. The molecule has 1 N–H and O–H groups in total. The van der Waals surface area contributed by atoms with Gasteiger partial charge in [-0.3, -0.25) is 4.79 Å². The van der Waals surface area contributed by atoms with Crippen LogP contribution in [0.1, 0.15) is 47.0 Å². The number of tetrazole rings is 1. The van der Waals surface area contributed by atoms with Crippen LogP contribution >= 0.6 is 0 Å². The number of carbonyl (C=O) groups is 2. The van der Waals surface area contributed by atoms with Gasteiger partial charge in [0.1, 0.15) is 5.82 Å². The Morgan fingerprint density at radius 3 is 2.56 bits per heavy atom. The van der Waals surface area contributed by atoms with Crippen molar-refractivity contribution in [1.82, 2.24) is 24.8 Å². The Kier molecular flexibility index (Phi) is 6.82. The van der Waals surface area contributed by atoms with E-state index in [1.807, 2.05) is 25.3 Å². The van der Waals surface area contributed by atoms with E-state index in [0.29, 0.717) is 29.2 Å². The van der Waals surface area contributed by atoms with E-state index in [-0.39, 0.29) is 12.3 Å². The number of hydrogen-bond acceptors (Lipinski definition) is 6. The summed E-state index contributed by atoms with van der Waals surface area (Å²) in [6.45, 7) is 10.0. The molecule has 0 saturated heterocycles. The van der Waals surface area contributed by atoms with Crippen LogP contribution in [-0.2, 0) is 16.1 Å². The standard InChI is InChI=1S/C22H25FN6O3/c1-6-28-13(3)17(21(14(28)4)22(31)32-7-2)9-11-20(30)24-19-12-16(8-10-18(19)23)29-15(5)25-26-27-29/h8-12H,6-7H2,1-5H3,(H,24,30)/b11-9+. The maximum atomic E-state index is 14.3. The quantitative estimate of drug-likeness (QED) is 0.446. The predicted octanol–water partition coefficient (Wildman–Crippen LogP) is 3.38. The number of benzene rings is 1. The SMILES string of the molecule is CCOC(=O)c1c(/C=C/C(=O)Nc2cc(-n3nnnc3C)ccc2F)c(C)n(CC)c1C. The molecule has 1 amide bonds. The van der Waals surface area contributed by atoms with Gasteiger partial charge in [-0.1, -0.05) is 0 Å². The second kappa shape index (κ2) is 9.54. The fraction of sp³-hybridized carbons (Fsp3) is 0.318. The summed E-state index contributed by atoms with van der Waals surface area (Å²) in [4.78, 5) is 25.0. The van der Waals surface area contributed by atoms with Gasteiger partial charge in [-0.05, 0) is 69.3 Å². The van der Waals surface area contributed by atoms with Crippen molar-refractivity contribution < 1.29 is 18.7 Å². The predicted molar refractivity (Wildman–Crippen MR) is 117 cm³/mol. The van der Waals surface area contributed by atoms with E-state index in [4.69, 9.17) is 4.74 Å². The minimum Gasteiger partial charge on any atom is -0.462 e. The van der Waals surface area contributed by atoms with Crippen molar-refractivity contribution in [2.45, 2.75) is 41.2 Å². The first-order chi connectivity index (χ1) is 15.3. The topological polar surface area (TPSA) is 104 Å². The number of esters is 1. The second-order valence-corrected chi connectivity index (χ2v) is 7.05. The zero-order valence-corrected chi connectivity index (χ0v) is 18.6. The monoisotopic (exact) mass is 440 g/mol. The summed E-state index contributed by atoms with van der Waals surface area (Å²) in [7, 11) is 0. The third kappa shape index (κ3) is 4.43. The summed E-state index contributed by atoms with van der Waals surface area (Å²) in [5.74, 6) is -1.08. The number of carbonyl (C=O) groups excluding carboxylic acids is 2. The van der Waals surface area contributed by atoms with Gasteiger partial charge in [-0.25, -0.2) is 9.18 Å². The first-order valence-electron chi connectivity index (χ1n) is 10.2. The summed E-state index contributed by atoms with van der Waals surface area (Å²) in [5, 5.41) is 13.7. The molecule has 168 valence electrons. The Balaban J connectivity index is 1.88. The van der Waals surface area contributed by atoms with Crippen molar-refractivity contribution in [3.05, 3.63) is 58.4 Å². The third-order valence-corrected chi connectivity index (χ3v) is 5.11. The number of nitrogens with one attached hydrogen (secondary N) is 1. The molecule has 3 aromatic rings. The lowest BCUT2D eigenvalue weighted by Gasteiger charge is -2.08. The van der Waals surface area contributed by atoms with Crippen molar-refractivity contribution in [2.24, 2.45) is 0 Å². The van der Waals surface area contributed by atoms with Crippen LogP contribution < -0.4 is 5.32 Å². The summed E-state index contributed by atoms with van der Waals surface area (Å²) in [6.07, 6.45) is 2.81. The van der Waals surface area contributed by atoms with Crippen molar-refractivity contribution >= 4 is 23.6 Å². The average Bonchev–Trinajstić information content (AvgIpc) is 3.28. The minimum absolute atomic E-state index is 0.0169. The number of hydrogen-bond donors (Lipinski definition) is 1. The number of ether oxygens (including phenoxy) is 1. The van der Waals surface area contributed by atoms with Crippen molar-refractivity contribution in [1.29, 1.82) is 0 Å². The molecular weight excluding hydrogens is 415 g/mol. The van der Waals surface area contributed by atoms with Gasteiger partial charge >= 0.3 is 5.97 Å². The molecule has 0 aliphatic heterocycles. The number of halogens is 1. The van der Waals surface area contributed by atoms with E-state index >= 15 is 0 Å². The summed E-state index contributed by atoms with van der Waals surface area (Å²) >= 11 is 0. The molecule has 10 heteroatoms. The Bertz CT molecular complexity index is 1190. The van der Waals surface area contributed by atoms with Crippen LogP contribution in [0.2, 0.25) is 0 Å². The zero-order chi connectivity index (χ0) is 23.4. The smallest absolute Gasteiger partial charge is 0.340 e. The molecule has 0 atom stereocenters. The highest BCUT2D eigenvalue weighted by Gasteiger charge is 2.22. The van der Waals surface area contributed by atoms with Crippen molar-refractivity contribution in [3.8, 4) is 5.69 Å². The highest BCUT2D eigenvalue weighted by atomic mass is 19.1. The Labute approximate surface area is 184 Å². The van der Waals surface area contributed by atoms with Gasteiger partial charge in [0.15, 0.2) is 5.82 Å². The normalized spacial score (nSPS) is 11.2. The molecule has 0 saturated carbocycles. The third-order valence-electron chi connectivity index (χ3n) is 5.11. The minimum atomic E-state index is -0.599. The largest absolute Gasteiger partial charge is 0.462 e. The number of aryl methyl sites for hydroxylation is 1. The van der Waals surface area contributed by atoms with Gasteiger partial charge in [-0.15, -0.1) is 5.10 Å². The van der Waals surface area contributed by atoms with E-state index in [0.717, 1.165) is 11.4 Å². The van der Waals surface area contributed by atoms with Gasteiger partial charge in [0.05, 0.1) is 23.5 Å².